The molecule has 0 bridgehead atoms. The molecule has 6 rings (SSSR count). The third kappa shape index (κ3) is 24.7. The highest BCUT2D eigenvalue weighted by Gasteiger charge is 2.44. The first-order valence-electron chi connectivity index (χ1n) is 33.4. The summed E-state index contributed by atoms with van der Waals surface area (Å²) in [5.41, 5.74) is 16.7. The van der Waals surface area contributed by atoms with E-state index in [2.05, 4.69) is 31.9 Å². The molecule has 0 aromatic heterocycles. The van der Waals surface area contributed by atoms with Crippen molar-refractivity contribution in [3.63, 3.8) is 0 Å². The maximum atomic E-state index is 14.4. The molecule has 0 unspecified atom stereocenters. The zero-order chi connectivity index (χ0) is 73.6. The Kier molecular flexibility index (Phi) is 27.6. The number of anilines is 3. The zero-order valence-corrected chi connectivity index (χ0v) is 58.5. The van der Waals surface area contributed by atoms with Crippen molar-refractivity contribution in [1.29, 1.82) is 0 Å². The predicted molar refractivity (Wildman–Crippen MR) is 382 cm³/mol. The highest BCUT2D eigenvalue weighted by Crippen LogP contribution is 2.35. The van der Waals surface area contributed by atoms with Gasteiger partial charge in [-0.3, -0.25) is 28.8 Å². The van der Waals surface area contributed by atoms with Crippen molar-refractivity contribution in [3.8, 4) is 17.2 Å². The van der Waals surface area contributed by atoms with Gasteiger partial charge in [0.2, 0.25) is 0 Å². The summed E-state index contributed by atoms with van der Waals surface area (Å²) < 4.78 is 16.0. The van der Waals surface area contributed by atoms with Gasteiger partial charge in [0.25, 0.3) is 17.7 Å². The fourth-order valence-corrected chi connectivity index (χ4v) is 10.7. The number of amides is 6. The predicted octanol–water partition coefficient (Wildman–Crippen LogP) is 10.4. The number of hydrogen-bond acceptors (Lipinski definition) is 18. The Bertz CT molecular complexity index is 3380. The molecule has 0 aliphatic heterocycles. The molecule has 0 aliphatic rings. The summed E-state index contributed by atoms with van der Waals surface area (Å²) in [6.07, 6.45) is -0.940. The fraction of sp³-hybridized carbons (Fsp3) is 0.408. The van der Waals surface area contributed by atoms with Gasteiger partial charge < -0.3 is 78.6 Å². The van der Waals surface area contributed by atoms with Gasteiger partial charge >= 0.3 is 18.3 Å². The maximum Gasteiger partial charge on any atom is 0.407 e. The van der Waals surface area contributed by atoms with E-state index in [1.54, 1.807) is 172 Å². The van der Waals surface area contributed by atoms with Crippen molar-refractivity contribution in [2.24, 2.45) is 17.2 Å². The molecular formula is C76H97N9O15. The average Bonchev–Trinajstić information content (AvgIpc) is 0.809. The number of nitrogens with two attached hydrogens (primary N) is 3. The van der Waals surface area contributed by atoms with Crippen LogP contribution in [0.5, 0.6) is 17.2 Å². The van der Waals surface area contributed by atoms with Crippen LogP contribution in [0, 0.1) is 0 Å². The van der Waals surface area contributed by atoms with E-state index in [0.29, 0.717) is 52.6 Å². The number of unbranched alkanes of at least 4 members (excludes halogenated alkanes) is 3. The molecular weight excluding hydrogens is 1280 g/mol. The molecule has 100 heavy (non-hydrogen) atoms. The molecule has 0 saturated heterocycles. The van der Waals surface area contributed by atoms with E-state index in [1.807, 2.05) is 0 Å². The van der Waals surface area contributed by atoms with Crippen molar-refractivity contribution in [3.05, 3.63) is 179 Å². The Morgan fingerprint density at radius 1 is 0.340 bits per heavy atom. The average molecular weight is 1380 g/mol. The lowest BCUT2D eigenvalue weighted by Gasteiger charge is -2.28. The van der Waals surface area contributed by atoms with Gasteiger partial charge in [0, 0.05) is 61.9 Å². The second-order valence-electron chi connectivity index (χ2n) is 28.0. The van der Waals surface area contributed by atoms with E-state index in [0.717, 1.165) is 0 Å². The van der Waals surface area contributed by atoms with Crippen LogP contribution in [0.2, 0.25) is 0 Å². The second-order valence-corrected chi connectivity index (χ2v) is 28.0. The Morgan fingerprint density at radius 3 is 0.770 bits per heavy atom. The number of alkyl carbamates (subject to hydrolysis) is 3. The topological polar surface area (TPSA) is 392 Å². The molecule has 6 aromatic rings. The first-order valence-corrected chi connectivity index (χ1v) is 33.4. The molecule has 24 nitrogen and oxygen atoms in total. The van der Waals surface area contributed by atoms with Gasteiger partial charge in [-0.1, -0.05) is 72.8 Å². The van der Waals surface area contributed by atoms with Gasteiger partial charge in [-0.15, -0.1) is 0 Å². The summed E-state index contributed by atoms with van der Waals surface area (Å²) in [4.78, 5) is 123. The summed E-state index contributed by atoms with van der Waals surface area (Å²) in [6.45, 7) is 16.2. The molecule has 3 atom stereocenters. The van der Waals surface area contributed by atoms with E-state index >= 15 is 0 Å². The number of nitrogens with one attached hydrogen (secondary N) is 6. The first kappa shape index (κ1) is 78.8. The summed E-state index contributed by atoms with van der Waals surface area (Å²) in [7, 11) is 0. The number of ketones is 3. The van der Waals surface area contributed by atoms with Crippen LogP contribution in [-0.2, 0) is 62.2 Å². The van der Waals surface area contributed by atoms with E-state index in [4.69, 9.17) is 31.4 Å². The van der Waals surface area contributed by atoms with E-state index in [9.17, 15) is 58.5 Å². The number of carbonyl (C=O) groups is 9. The number of benzene rings is 6. The number of aromatic hydroxyl groups is 3. The summed E-state index contributed by atoms with van der Waals surface area (Å²) >= 11 is 0. The lowest BCUT2D eigenvalue weighted by atomic mass is 9.83. The van der Waals surface area contributed by atoms with Crippen LogP contribution >= 0.6 is 0 Å². The zero-order valence-electron chi connectivity index (χ0n) is 58.5. The van der Waals surface area contributed by atoms with Crippen molar-refractivity contribution < 1.29 is 72.7 Å². The van der Waals surface area contributed by atoms with Gasteiger partial charge in [0.15, 0.2) is 34.0 Å². The van der Waals surface area contributed by atoms with Crippen LogP contribution in [0.4, 0.5) is 31.4 Å². The molecule has 24 heteroatoms. The Labute approximate surface area is 584 Å². The Balaban J connectivity index is 1.30. The molecule has 6 amide bonds. The quantitative estimate of drug-likeness (QED) is 0.00788. The molecule has 15 N–H and O–H groups in total. The minimum atomic E-state index is -2.05. The third-order valence-corrected chi connectivity index (χ3v) is 16.1. The van der Waals surface area contributed by atoms with Crippen LogP contribution in [0.3, 0.4) is 0 Å². The van der Waals surface area contributed by atoms with Crippen molar-refractivity contribution >= 4 is 70.4 Å². The number of ether oxygens (including phenoxy) is 3. The van der Waals surface area contributed by atoms with Crippen LogP contribution in [0.25, 0.3) is 0 Å². The summed E-state index contributed by atoms with van der Waals surface area (Å²) in [5.74, 6) is -4.75. The first-order chi connectivity index (χ1) is 46.9. The number of rotatable bonds is 33. The molecule has 0 fully saturated rings. The van der Waals surface area contributed by atoms with Crippen molar-refractivity contribution in [1.82, 2.24) is 16.0 Å². The number of phenolic OH excluding ortho intramolecular Hbond substituents is 3. The molecule has 0 spiro atoms. The molecule has 0 saturated carbocycles. The van der Waals surface area contributed by atoms with Crippen molar-refractivity contribution in [2.45, 2.75) is 179 Å². The van der Waals surface area contributed by atoms with Gasteiger partial charge in [0.1, 0.15) is 34.1 Å². The SMILES string of the molecule is CC(C)(C)OC(=O)NCCCC[C@@](N)(C(=O)Cc1ccc(O)cc1)C(=O)Nc1ccc(C(c2ccc(NC(=O)[C@@](N)(CCCCNC(=O)OC(C)(C)C)C(=O)Cc3ccc(O)cc3)cc2)c2ccc(NC(=O)[C@@](N)(CCCCNC(=O)OC(C)(C)C)C(=O)Cc3ccc(O)cc3)cc2)cc1. The number of phenols is 3. The monoisotopic (exact) mass is 1380 g/mol. The molecule has 0 radical (unpaired) electrons. The van der Waals surface area contributed by atoms with Crippen LogP contribution < -0.4 is 49.1 Å². The normalized spacial score (nSPS) is 13.4. The minimum Gasteiger partial charge on any atom is -0.508 e. The summed E-state index contributed by atoms with van der Waals surface area (Å²) in [6, 6.07) is 38.4. The molecule has 6 aromatic carbocycles. The standard InChI is InChI=1S/C76H97N9O15/c1-71(2,3)98-68(95)80-43-13-10-40-74(77,61(89)46-49-16-34-58(86)35-17-49)65(92)83-55-28-22-52(23-29-55)64(53-24-30-56(31-25-53)84-66(93)75(78,62(90)47-50-18-36-59(87)37-19-50)41-11-14-44-81-69(96)99-72(4,5)6)54-26-32-57(33-27-54)85-67(94)76(79,63(91)48-51-20-38-60(88)39-21-51)42-12-15-45-82-70(97)100-73(7,8)9/h16-39,64,86-88H,10-15,40-48,77-79H2,1-9H3,(H,80,95)(H,81,96)(H,82,97)(H,83,92)(H,84,93)(H,85,94)/t74-,75-,76-/m1/s1. The number of hydrogen-bond donors (Lipinski definition) is 12. The largest absolute Gasteiger partial charge is 0.508 e. The van der Waals surface area contributed by atoms with Crippen LogP contribution in [-0.4, -0.2) is 122 Å². The molecule has 536 valence electrons. The van der Waals surface area contributed by atoms with Crippen LogP contribution in [0.15, 0.2) is 146 Å². The lowest BCUT2D eigenvalue weighted by Crippen LogP contribution is -2.58. The van der Waals surface area contributed by atoms with Gasteiger partial charge in [-0.25, -0.2) is 14.4 Å². The van der Waals surface area contributed by atoms with E-state index in [1.165, 1.54) is 36.4 Å². The highest BCUT2D eigenvalue weighted by molar-refractivity contribution is 6.17. The van der Waals surface area contributed by atoms with E-state index in [-0.39, 0.29) is 112 Å². The minimum absolute atomic E-state index is 0.00943. The van der Waals surface area contributed by atoms with Gasteiger partial charge in [-0.05, 0) is 226 Å². The van der Waals surface area contributed by atoms with Gasteiger partial charge in [0.05, 0.1) is 0 Å². The van der Waals surface area contributed by atoms with Crippen LogP contribution in [0.1, 0.15) is 159 Å². The summed E-state index contributed by atoms with van der Waals surface area (Å²) in [5, 5.41) is 46.4. The van der Waals surface area contributed by atoms with E-state index < -0.39 is 92.7 Å². The number of Topliss-reactive ketones (excluding diaryl/α,β-unsaturated/α-hetero) is 3. The lowest BCUT2D eigenvalue weighted by molar-refractivity contribution is -0.134. The number of carbonyl (C=O) groups excluding carboxylic acids is 9. The fourth-order valence-electron chi connectivity index (χ4n) is 10.7. The van der Waals surface area contributed by atoms with Gasteiger partial charge in [-0.2, -0.15) is 0 Å². The highest BCUT2D eigenvalue weighted by atomic mass is 16.6. The Morgan fingerprint density at radius 2 is 0.560 bits per heavy atom. The Hall–Kier alpha value is -10.2. The van der Waals surface area contributed by atoms with Crippen molar-refractivity contribution in [2.75, 3.05) is 35.6 Å². The molecule has 0 heterocycles. The third-order valence-electron chi connectivity index (χ3n) is 16.1. The maximum absolute atomic E-state index is 14.4. The second kappa shape index (κ2) is 35.0. The smallest absolute Gasteiger partial charge is 0.407 e. The molecule has 0 aliphatic carbocycles.